The molecule has 10 heterocycles. The van der Waals surface area contributed by atoms with E-state index in [4.69, 9.17) is 68.7 Å². The molecule has 10 aliphatic rings. The molecule has 0 aromatic carbocycles. The lowest BCUT2D eigenvalue weighted by atomic mass is 9.90. The average Bonchev–Trinajstić information content (AvgIpc) is 4.17. The summed E-state index contributed by atoms with van der Waals surface area (Å²) < 4.78 is 20.0. The van der Waals surface area contributed by atoms with Gasteiger partial charge in [-0.25, -0.2) is 49.9 Å². The Balaban J connectivity index is 1.10. The van der Waals surface area contributed by atoms with Gasteiger partial charge in [0, 0.05) is 56.6 Å². The lowest BCUT2D eigenvalue weighted by Crippen LogP contribution is -2.68. The fourth-order valence-electron chi connectivity index (χ4n) is 11.7. The van der Waals surface area contributed by atoms with E-state index in [9.17, 15) is 0 Å². The van der Waals surface area contributed by atoms with Crippen LogP contribution in [-0.2, 0) is 8.85 Å². The first-order valence-electron chi connectivity index (χ1n) is 20.9. The number of aromatic nitrogens is 7. The van der Waals surface area contributed by atoms with Crippen LogP contribution >= 0.6 is 0 Å². The molecule has 2 N–H and O–H groups in total. The molecule has 0 saturated heterocycles. The number of rotatable bonds is 6. The van der Waals surface area contributed by atoms with Crippen molar-refractivity contribution in [3.8, 4) is 0 Å². The number of hydrogen-bond acceptors (Lipinski definition) is 17. The Kier molecular flexibility index (Phi) is 6.75. The van der Waals surface area contributed by atoms with Gasteiger partial charge in [-0.1, -0.05) is 12.8 Å². The summed E-state index contributed by atoms with van der Waals surface area (Å²) in [7, 11) is -4.23. The Bertz CT molecular complexity index is 2740. The molecule has 18 nitrogen and oxygen atoms in total. The van der Waals surface area contributed by atoms with Crippen molar-refractivity contribution in [1.29, 1.82) is 0 Å². The van der Waals surface area contributed by atoms with Crippen LogP contribution in [0.4, 0.5) is 11.6 Å². The van der Waals surface area contributed by atoms with Crippen LogP contribution in [-0.4, -0.2) is 103 Å². The molecule has 14 rings (SSSR count). The molecule has 6 aliphatic heterocycles. The van der Waals surface area contributed by atoms with Crippen molar-refractivity contribution in [2.24, 2.45) is 65.5 Å². The largest absolute Gasteiger partial charge is 0.599 e. The molecule has 4 aromatic rings. The maximum absolute atomic E-state index is 7.87. The predicted octanol–water partition coefficient (Wildman–Crippen LogP) is 3.74. The van der Waals surface area contributed by atoms with E-state index in [1.54, 1.807) is 37.2 Å². The number of amidine groups is 5. The second-order valence-electron chi connectivity index (χ2n) is 17.4. The summed E-state index contributed by atoms with van der Waals surface area (Å²) in [5.41, 5.74) is 4.66. The first-order chi connectivity index (χ1) is 29.2. The normalized spacial score (nSPS) is 32.2. The molecule has 0 amide bonds. The molecule has 7 atom stereocenters. The van der Waals surface area contributed by atoms with E-state index < -0.39 is 15.0 Å². The van der Waals surface area contributed by atoms with Crippen molar-refractivity contribution in [3.63, 3.8) is 0 Å². The maximum atomic E-state index is 7.87. The average molecular weight is 803 g/mol. The van der Waals surface area contributed by atoms with Crippen LogP contribution in [0.1, 0.15) is 80.3 Å². The highest BCUT2D eigenvalue weighted by molar-refractivity contribution is 6.68. The van der Waals surface area contributed by atoms with E-state index in [1.807, 2.05) is 6.21 Å². The van der Waals surface area contributed by atoms with Crippen LogP contribution in [0, 0.1) is 35.5 Å². The Morgan fingerprint density at radius 3 is 2.00 bits per heavy atom. The number of fused-ring (bicyclic) bond motifs is 17. The summed E-state index contributed by atoms with van der Waals surface area (Å²) in [6.45, 7) is 1.50. The second kappa shape index (κ2) is 12.1. The van der Waals surface area contributed by atoms with E-state index in [-0.39, 0.29) is 0 Å². The van der Waals surface area contributed by atoms with Gasteiger partial charge in [0.25, 0.3) is 0 Å². The van der Waals surface area contributed by atoms with Gasteiger partial charge in [0.15, 0.2) is 40.8 Å². The van der Waals surface area contributed by atoms with Crippen LogP contribution in [0.3, 0.4) is 0 Å². The van der Waals surface area contributed by atoms with Gasteiger partial charge in [-0.15, -0.1) is 0 Å². The Hall–Kier alpha value is -5.92. The third kappa shape index (κ3) is 4.62. The van der Waals surface area contributed by atoms with Crippen molar-refractivity contribution >= 4 is 66.9 Å². The van der Waals surface area contributed by atoms with Crippen molar-refractivity contribution in [2.45, 2.75) is 57.5 Å². The zero-order valence-electron chi connectivity index (χ0n) is 31.9. The highest BCUT2D eigenvalue weighted by Gasteiger charge is 2.63. The van der Waals surface area contributed by atoms with Gasteiger partial charge in [-0.3, -0.25) is 18.8 Å². The zero-order valence-corrected chi connectivity index (χ0v) is 32.9. The molecule has 59 heavy (non-hydrogen) atoms. The molecule has 4 aliphatic carbocycles. The van der Waals surface area contributed by atoms with Crippen molar-refractivity contribution in [3.05, 3.63) is 71.4 Å². The standard InChI is InChI=1S/C40H38N16O2Si/c1-3-21-13-19(1)15-23(21)17-57-59(58-18-24-16-20-2-4-22(24)14-20)55-37-29-30(46-10-9-45-29)39(55)53-35-27-28(44-8-7-43-27)36(50-35)54-40-32-31(47-11-12-48-32)38(56(40)59)52-34-26-25(33(49-34)51-37)41-5-6-42-26/h5-7,9-12,19-24,37,44H,1-4,8,13-18H2,(H,49,51,52). The summed E-state index contributed by atoms with van der Waals surface area (Å²) in [4.78, 5) is 60.8. The van der Waals surface area contributed by atoms with Crippen LogP contribution < -0.4 is 10.6 Å². The lowest BCUT2D eigenvalue weighted by molar-refractivity contribution is 0.0618. The third-order valence-electron chi connectivity index (χ3n) is 14.3. The number of nitrogens with one attached hydrogen (secondary N) is 2. The molecule has 4 saturated carbocycles. The summed E-state index contributed by atoms with van der Waals surface area (Å²) in [6, 6.07) is 0. The topological polar surface area (TPSA) is 202 Å². The summed E-state index contributed by atoms with van der Waals surface area (Å²) in [5.74, 6) is 6.55. The molecule has 0 radical (unpaired) electrons. The molecule has 10 bridgehead atoms. The summed E-state index contributed by atoms with van der Waals surface area (Å²) >= 11 is 0. The SMILES string of the molecule is C1=NC2=C(NC1)C1=Nc3c4nccnc4c4n3[Si](OCC3CC5CCC3C5)(OCC3CC5CCC3C5)N3C(=NC2=N1)c1nccnc1C3NC1=NC(=N4)c2nccnc21. The molecule has 4 fully saturated rings. The Labute approximate surface area is 338 Å². The number of nitrogens with zero attached hydrogens (tertiary/aromatic N) is 14. The molecule has 0 spiro atoms. The van der Waals surface area contributed by atoms with Gasteiger partial charge < -0.3 is 19.5 Å². The minimum atomic E-state index is -4.23. The van der Waals surface area contributed by atoms with Crippen LogP contribution in [0.2, 0.25) is 0 Å². The molecule has 294 valence electrons. The fraction of sp³-hybridized carbons (Fsp3) is 0.450. The molecule has 7 unspecified atom stereocenters. The molecular formula is C40H38N16O2Si. The van der Waals surface area contributed by atoms with E-state index in [0.717, 1.165) is 24.7 Å². The highest BCUT2D eigenvalue weighted by Crippen LogP contribution is 2.52. The van der Waals surface area contributed by atoms with Gasteiger partial charge >= 0.3 is 8.88 Å². The van der Waals surface area contributed by atoms with E-state index in [2.05, 4.69) is 19.4 Å². The first kappa shape index (κ1) is 33.0. The van der Waals surface area contributed by atoms with Crippen LogP contribution in [0.25, 0.3) is 11.0 Å². The first-order valence-corrected chi connectivity index (χ1v) is 22.7. The third-order valence-corrected chi connectivity index (χ3v) is 17.4. The second-order valence-corrected chi connectivity index (χ2v) is 20.0. The molecule has 4 aromatic heterocycles. The lowest BCUT2D eigenvalue weighted by Gasteiger charge is -2.44. The van der Waals surface area contributed by atoms with Crippen LogP contribution in [0.15, 0.2) is 78.5 Å². The van der Waals surface area contributed by atoms with Gasteiger partial charge in [0.1, 0.15) is 51.4 Å². The maximum Gasteiger partial charge on any atom is 0.599 e. The number of hydrogen-bond donors (Lipinski definition) is 2. The summed E-state index contributed by atoms with van der Waals surface area (Å²) in [6.07, 6.45) is 21.0. The van der Waals surface area contributed by atoms with E-state index in [1.165, 1.54) is 38.5 Å². The fourth-order valence-corrected chi connectivity index (χ4v) is 15.2. The number of aliphatic imine (C=N–C) groups is 6. The predicted molar refractivity (Wildman–Crippen MR) is 218 cm³/mol. The monoisotopic (exact) mass is 802 g/mol. The smallest absolute Gasteiger partial charge is 0.375 e. The van der Waals surface area contributed by atoms with Crippen molar-refractivity contribution in [2.75, 3.05) is 19.8 Å². The minimum absolute atomic E-state index is 0.373. The highest BCUT2D eigenvalue weighted by atomic mass is 28.4. The van der Waals surface area contributed by atoms with Crippen LogP contribution in [0.5, 0.6) is 0 Å². The van der Waals surface area contributed by atoms with Crippen molar-refractivity contribution in [1.82, 2.24) is 49.3 Å². The van der Waals surface area contributed by atoms with Gasteiger partial charge in [-0.2, -0.15) is 0 Å². The quantitative estimate of drug-likeness (QED) is 0.269. The van der Waals surface area contributed by atoms with Gasteiger partial charge in [0.05, 0.1) is 6.54 Å². The molecular weight excluding hydrogens is 765 g/mol. The van der Waals surface area contributed by atoms with Crippen molar-refractivity contribution < 1.29 is 8.85 Å². The zero-order chi connectivity index (χ0) is 38.4. The van der Waals surface area contributed by atoms with E-state index in [0.29, 0.717) is 129 Å². The minimum Gasteiger partial charge on any atom is -0.375 e. The Morgan fingerprint density at radius 1 is 0.644 bits per heavy atom. The van der Waals surface area contributed by atoms with Gasteiger partial charge in [0.2, 0.25) is 0 Å². The Morgan fingerprint density at radius 2 is 1.31 bits per heavy atom. The van der Waals surface area contributed by atoms with E-state index >= 15 is 0 Å². The summed E-state index contributed by atoms with van der Waals surface area (Å²) in [5, 5.41) is 7.25. The van der Waals surface area contributed by atoms with Gasteiger partial charge in [-0.05, 0) is 74.0 Å². The molecule has 19 heteroatoms.